The van der Waals surface area contributed by atoms with Crippen molar-refractivity contribution >= 4 is 5.91 Å². The van der Waals surface area contributed by atoms with Gasteiger partial charge in [-0.2, -0.15) is 13.2 Å². The third-order valence-corrected chi connectivity index (χ3v) is 4.40. The van der Waals surface area contributed by atoms with Gasteiger partial charge in [0, 0.05) is 24.6 Å². The monoisotopic (exact) mass is 355 g/mol. The molecular weight excluding hydrogens is 338 g/mol. The summed E-state index contributed by atoms with van der Waals surface area (Å²) in [6.45, 7) is 2.37. The van der Waals surface area contributed by atoms with Crippen molar-refractivity contribution in [2.75, 3.05) is 13.1 Å². The molecule has 0 aliphatic carbocycles. The lowest BCUT2D eigenvalue weighted by atomic mass is 9.96. The van der Waals surface area contributed by atoms with Crippen LogP contribution in [-0.4, -0.2) is 33.9 Å². The van der Waals surface area contributed by atoms with Crippen molar-refractivity contribution < 1.29 is 22.4 Å². The van der Waals surface area contributed by atoms with Crippen LogP contribution in [0.1, 0.15) is 46.2 Å². The Hall–Kier alpha value is -2.38. The number of carbonyl (C=O) groups is 1. The van der Waals surface area contributed by atoms with Crippen molar-refractivity contribution in [3.63, 3.8) is 0 Å². The number of benzene rings is 1. The second kappa shape index (κ2) is 6.50. The Morgan fingerprint density at radius 3 is 2.76 bits per heavy atom. The van der Waals surface area contributed by atoms with Crippen molar-refractivity contribution in [2.45, 2.75) is 31.9 Å². The molecule has 1 amide bonds. The lowest BCUT2D eigenvalue weighted by Gasteiger charge is -2.32. The van der Waals surface area contributed by atoms with Gasteiger partial charge in [0.25, 0.3) is 5.91 Å². The second-order valence-corrected chi connectivity index (χ2v) is 6.23. The molecule has 1 unspecified atom stereocenters. The first-order chi connectivity index (χ1) is 11.8. The Bertz CT molecular complexity index is 784. The number of imidazole rings is 1. The van der Waals surface area contributed by atoms with Crippen LogP contribution >= 0.6 is 0 Å². The van der Waals surface area contributed by atoms with Gasteiger partial charge in [-0.15, -0.1) is 0 Å². The number of aryl methyl sites for hydroxylation is 1. The number of hydrogen-bond donors (Lipinski definition) is 1. The number of nitrogens with one attached hydrogen (secondary N) is 1. The van der Waals surface area contributed by atoms with Crippen LogP contribution < -0.4 is 0 Å². The van der Waals surface area contributed by atoms with Crippen molar-refractivity contribution in [3.8, 4) is 0 Å². The van der Waals surface area contributed by atoms with Crippen molar-refractivity contribution in [1.29, 1.82) is 0 Å². The number of piperidine rings is 1. The van der Waals surface area contributed by atoms with Crippen LogP contribution in [-0.2, 0) is 6.18 Å². The maximum atomic E-state index is 13.4. The molecule has 0 saturated carbocycles. The van der Waals surface area contributed by atoms with Crippen LogP contribution in [0.15, 0.2) is 24.4 Å². The third kappa shape index (κ3) is 3.67. The van der Waals surface area contributed by atoms with Crippen LogP contribution in [0.2, 0.25) is 0 Å². The highest BCUT2D eigenvalue weighted by Crippen LogP contribution is 2.31. The van der Waals surface area contributed by atoms with Gasteiger partial charge in [0.05, 0.1) is 6.20 Å². The fourth-order valence-corrected chi connectivity index (χ4v) is 3.03. The van der Waals surface area contributed by atoms with Gasteiger partial charge in [-0.25, -0.2) is 9.37 Å². The van der Waals surface area contributed by atoms with Gasteiger partial charge in [0.15, 0.2) is 0 Å². The molecule has 1 atom stereocenters. The van der Waals surface area contributed by atoms with E-state index in [-0.39, 0.29) is 30.0 Å². The maximum absolute atomic E-state index is 13.4. The molecule has 1 aliphatic rings. The smallest absolute Gasteiger partial charge is 0.338 e. The molecule has 0 bridgehead atoms. The molecule has 1 aromatic heterocycles. The standard InChI is InChI=1S/C17H17F4N3O/c1-10-7-11(4-5-13(10)18)16(25)24-6-2-3-12(9-24)15-22-8-14(23-15)17(19,20)21/h4-5,7-8,12H,2-3,6,9H2,1H3,(H,22,23). The summed E-state index contributed by atoms with van der Waals surface area (Å²) in [4.78, 5) is 20.3. The molecule has 2 aromatic rings. The van der Waals surface area contributed by atoms with E-state index in [4.69, 9.17) is 0 Å². The predicted octanol–water partition coefficient (Wildman–Crippen LogP) is 3.90. The molecule has 4 nitrogen and oxygen atoms in total. The number of H-pyrrole nitrogens is 1. The number of carbonyl (C=O) groups excluding carboxylic acids is 1. The van der Waals surface area contributed by atoms with E-state index in [9.17, 15) is 22.4 Å². The first kappa shape index (κ1) is 17.4. The summed E-state index contributed by atoms with van der Waals surface area (Å²) in [5.74, 6) is -0.686. The SMILES string of the molecule is Cc1cc(C(=O)N2CCCC(c3ncc(C(F)(F)F)[nH]3)C2)ccc1F. The number of alkyl halides is 3. The van der Waals surface area contributed by atoms with E-state index in [0.717, 1.165) is 6.20 Å². The average Bonchev–Trinajstić information content (AvgIpc) is 3.07. The molecule has 8 heteroatoms. The molecule has 1 fully saturated rings. The molecule has 25 heavy (non-hydrogen) atoms. The summed E-state index contributed by atoms with van der Waals surface area (Å²) in [5.41, 5.74) is -0.143. The van der Waals surface area contributed by atoms with Crippen molar-refractivity contribution in [3.05, 3.63) is 52.9 Å². The Labute approximate surface area is 141 Å². The largest absolute Gasteiger partial charge is 0.432 e. The molecular formula is C17H17F4N3O. The van der Waals surface area contributed by atoms with Crippen LogP contribution in [0.5, 0.6) is 0 Å². The second-order valence-electron chi connectivity index (χ2n) is 6.23. The number of aromatic amines is 1. The van der Waals surface area contributed by atoms with Gasteiger partial charge in [-0.3, -0.25) is 4.79 Å². The van der Waals surface area contributed by atoms with Gasteiger partial charge >= 0.3 is 6.18 Å². The van der Waals surface area contributed by atoms with E-state index in [1.54, 1.807) is 11.8 Å². The topological polar surface area (TPSA) is 49.0 Å². The van der Waals surface area contributed by atoms with Crippen LogP contribution in [0.25, 0.3) is 0 Å². The highest BCUT2D eigenvalue weighted by Gasteiger charge is 2.35. The molecule has 0 spiro atoms. The molecule has 134 valence electrons. The fraction of sp³-hybridized carbons (Fsp3) is 0.412. The number of nitrogens with zero attached hydrogens (tertiary/aromatic N) is 2. The molecule has 2 heterocycles. The number of aromatic nitrogens is 2. The predicted molar refractivity (Wildman–Crippen MR) is 82.6 cm³/mol. The third-order valence-electron chi connectivity index (χ3n) is 4.40. The number of amides is 1. The van der Waals surface area contributed by atoms with E-state index >= 15 is 0 Å². The fourth-order valence-electron chi connectivity index (χ4n) is 3.03. The van der Waals surface area contributed by atoms with Gasteiger partial charge in [0.2, 0.25) is 0 Å². The average molecular weight is 355 g/mol. The van der Waals surface area contributed by atoms with Gasteiger partial charge in [0.1, 0.15) is 17.3 Å². The Kier molecular flexibility index (Phi) is 4.53. The summed E-state index contributed by atoms with van der Waals surface area (Å²) in [6.07, 6.45) is -2.38. The maximum Gasteiger partial charge on any atom is 0.432 e. The number of halogens is 4. The van der Waals surface area contributed by atoms with E-state index in [1.807, 2.05) is 0 Å². The summed E-state index contributed by atoms with van der Waals surface area (Å²) in [7, 11) is 0. The first-order valence-corrected chi connectivity index (χ1v) is 7.93. The van der Waals surface area contributed by atoms with Gasteiger partial charge in [-0.1, -0.05) is 0 Å². The van der Waals surface area contributed by atoms with Crippen LogP contribution in [0.4, 0.5) is 17.6 Å². The van der Waals surface area contributed by atoms with E-state index in [2.05, 4.69) is 9.97 Å². The van der Waals surface area contributed by atoms with Crippen molar-refractivity contribution in [1.82, 2.24) is 14.9 Å². The summed E-state index contributed by atoms with van der Waals surface area (Å²) in [6, 6.07) is 4.14. The number of rotatable bonds is 2. The van der Waals surface area contributed by atoms with Crippen LogP contribution in [0.3, 0.4) is 0 Å². The quantitative estimate of drug-likeness (QED) is 0.831. The molecule has 1 N–H and O–H groups in total. The molecule has 1 saturated heterocycles. The Balaban J connectivity index is 1.75. The highest BCUT2D eigenvalue weighted by molar-refractivity contribution is 5.94. The lowest BCUT2D eigenvalue weighted by molar-refractivity contribution is -0.141. The number of hydrogen-bond acceptors (Lipinski definition) is 2. The lowest BCUT2D eigenvalue weighted by Crippen LogP contribution is -2.39. The zero-order valence-corrected chi connectivity index (χ0v) is 13.5. The first-order valence-electron chi connectivity index (χ1n) is 7.93. The minimum atomic E-state index is -4.47. The van der Waals surface area contributed by atoms with Gasteiger partial charge in [-0.05, 0) is 43.5 Å². The van der Waals surface area contributed by atoms with E-state index < -0.39 is 11.9 Å². The Morgan fingerprint density at radius 2 is 2.12 bits per heavy atom. The van der Waals surface area contributed by atoms with E-state index in [0.29, 0.717) is 30.5 Å². The molecule has 1 aliphatic heterocycles. The minimum absolute atomic E-state index is 0.236. The number of likely N-dealkylation sites (tertiary alicyclic amines) is 1. The van der Waals surface area contributed by atoms with Crippen LogP contribution in [0, 0.1) is 12.7 Å². The molecule has 1 aromatic carbocycles. The zero-order chi connectivity index (χ0) is 18.2. The summed E-state index contributed by atoms with van der Waals surface area (Å²) < 4.78 is 51.5. The highest BCUT2D eigenvalue weighted by atomic mass is 19.4. The summed E-state index contributed by atoms with van der Waals surface area (Å²) in [5, 5.41) is 0. The van der Waals surface area contributed by atoms with Gasteiger partial charge < -0.3 is 9.88 Å². The zero-order valence-electron chi connectivity index (χ0n) is 13.5. The molecule has 3 rings (SSSR count). The summed E-state index contributed by atoms with van der Waals surface area (Å²) >= 11 is 0. The molecule has 0 radical (unpaired) electrons. The Morgan fingerprint density at radius 1 is 1.36 bits per heavy atom. The van der Waals surface area contributed by atoms with E-state index in [1.165, 1.54) is 18.2 Å². The van der Waals surface area contributed by atoms with Crippen molar-refractivity contribution in [2.24, 2.45) is 0 Å². The normalized spacial score (nSPS) is 18.4. The minimum Gasteiger partial charge on any atom is -0.338 e.